The molecule has 1 N–H and O–H groups in total. The van der Waals surface area contributed by atoms with Gasteiger partial charge in [0, 0.05) is 31.1 Å². The van der Waals surface area contributed by atoms with Gasteiger partial charge in [-0.2, -0.15) is 0 Å². The predicted octanol–water partition coefficient (Wildman–Crippen LogP) is 2.79. The second-order valence-electron chi connectivity index (χ2n) is 5.59. The number of hydrogen-bond acceptors (Lipinski definition) is 3. The minimum absolute atomic E-state index is 0.0202. The van der Waals surface area contributed by atoms with Crippen molar-refractivity contribution in [1.29, 1.82) is 0 Å². The fourth-order valence-electron chi connectivity index (χ4n) is 2.91. The molecular formula is C16H22N2O2. The zero-order chi connectivity index (χ0) is 13.8. The van der Waals surface area contributed by atoms with Gasteiger partial charge in [0.05, 0.1) is 0 Å². The van der Waals surface area contributed by atoms with Crippen molar-refractivity contribution in [2.75, 3.05) is 29.9 Å². The fourth-order valence-corrected chi connectivity index (χ4v) is 2.91. The average molecular weight is 274 g/mol. The van der Waals surface area contributed by atoms with Gasteiger partial charge in [0.25, 0.3) is 5.91 Å². The zero-order valence-corrected chi connectivity index (χ0v) is 11.8. The Morgan fingerprint density at radius 1 is 1.10 bits per heavy atom. The van der Waals surface area contributed by atoms with Crippen LogP contribution < -0.4 is 10.2 Å². The number of rotatable bonds is 3. The molecule has 4 heteroatoms. The highest BCUT2D eigenvalue weighted by Gasteiger charge is 2.23. The van der Waals surface area contributed by atoms with Crippen LogP contribution in [0.5, 0.6) is 0 Å². The molecule has 0 saturated carbocycles. The number of nitrogens with one attached hydrogen (secondary N) is 1. The van der Waals surface area contributed by atoms with E-state index in [0.717, 1.165) is 31.6 Å². The summed E-state index contributed by atoms with van der Waals surface area (Å²) >= 11 is 0. The van der Waals surface area contributed by atoms with E-state index >= 15 is 0 Å². The van der Waals surface area contributed by atoms with E-state index in [2.05, 4.69) is 22.3 Å². The summed E-state index contributed by atoms with van der Waals surface area (Å²) < 4.78 is 5.39. The molecule has 108 valence electrons. The minimum atomic E-state index is -0.267. The van der Waals surface area contributed by atoms with Gasteiger partial charge < -0.3 is 15.0 Å². The molecule has 1 aromatic carbocycles. The predicted molar refractivity (Wildman–Crippen MR) is 80.1 cm³/mol. The number of amides is 1. The van der Waals surface area contributed by atoms with Crippen LogP contribution in [0.4, 0.5) is 11.4 Å². The van der Waals surface area contributed by atoms with Crippen LogP contribution >= 0.6 is 0 Å². The Balaban J connectivity index is 1.59. The molecule has 2 fully saturated rings. The van der Waals surface area contributed by atoms with Crippen LogP contribution in [0.2, 0.25) is 0 Å². The summed E-state index contributed by atoms with van der Waals surface area (Å²) in [6, 6.07) is 8.15. The third kappa shape index (κ3) is 3.12. The van der Waals surface area contributed by atoms with E-state index in [0.29, 0.717) is 6.61 Å². The standard InChI is InChI=1S/C16H22N2O2/c19-16(15-5-4-12-20-15)17-13-6-8-14(9-7-13)18-10-2-1-3-11-18/h6-9,15H,1-5,10-12H2,(H,17,19)/t15-/m1/s1. The van der Waals surface area contributed by atoms with Gasteiger partial charge in [-0.3, -0.25) is 4.79 Å². The van der Waals surface area contributed by atoms with E-state index in [1.165, 1.54) is 24.9 Å². The molecule has 2 heterocycles. The summed E-state index contributed by atoms with van der Waals surface area (Å²) in [5.74, 6) is -0.0202. The minimum Gasteiger partial charge on any atom is -0.372 e. The maximum Gasteiger partial charge on any atom is 0.253 e. The molecule has 20 heavy (non-hydrogen) atoms. The number of benzene rings is 1. The van der Waals surface area contributed by atoms with Crippen molar-refractivity contribution >= 4 is 17.3 Å². The molecule has 2 aliphatic heterocycles. The van der Waals surface area contributed by atoms with E-state index in [1.54, 1.807) is 0 Å². The average Bonchev–Trinajstić information content (AvgIpc) is 3.03. The van der Waals surface area contributed by atoms with Gasteiger partial charge in [-0.15, -0.1) is 0 Å². The first-order chi connectivity index (χ1) is 9.83. The van der Waals surface area contributed by atoms with Crippen LogP contribution in [0.25, 0.3) is 0 Å². The molecular weight excluding hydrogens is 252 g/mol. The smallest absolute Gasteiger partial charge is 0.253 e. The van der Waals surface area contributed by atoms with Gasteiger partial charge in [-0.1, -0.05) is 0 Å². The molecule has 0 aliphatic carbocycles. The van der Waals surface area contributed by atoms with Crippen LogP contribution in [0, 0.1) is 0 Å². The molecule has 2 aliphatic rings. The molecule has 1 atom stereocenters. The molecule has 1 aromatic rings. The van der Waals surface area contributed by atoms with Crippen LogP contribution in [-0.2, 0) is 9.53 Å². The van der Waals surface area contributed by atoms with Crippen molar-refractivity contribution in [1.82, 2.24) is 0 Å². The van der Waals surface area contributed by atoms with Gasteiger partial charge in [0.1, 0.15) is 6.10 Å². The summed E-state index contributed by atoms with van der Waals surface area (Å²) in [5.41, 5.74) is 2.10. The Morgan fingerprint density at radius 3 is 2.50 bits per heavy atom. The van der Waals surface area contributed by atoms with E-state index in [9.17, 15) is 4.79 Å². The van der Waals surface area contributed by atoms with Crippen LogP contribution in [0.15, 0.2) is 24.3 Å². The Morgan fingerprint density at radius 2 is 1.85 bits per heavy atom. The number of anilines is 2. The summed E-state index contributed by atoms with van der Waals surface area (Å²) in [6.45, 7) is 2.98. The summed E-state index contributed by atoms with van der Waals surface area (Å²) in [6.07, 6.45) is 5.43. The molecule has 0 bridgehead atoms. The van der Waals surface area contributed by atoms with Crippen molar-refractivity contribution in [2.24, 2.45) is 0 Å². The van der Waals surface area contributed by atoms with Crippen LogP contribution in [-0.4, -0.2) is 31.7 Å². The first kappa shape index (κ1) is 13.4. The Hall–Kier alpha value is -1.55. The molecule has 2 saturated heterocycles. The number of carbonyl (C=O) groups is 1. The maximum atomic E-state index is 12.0. The molecule has 3 rings (SSSR count). The third-order valence-corrected chi connectivity index (χ3v) is 4.08. The highest BCUT2D eigenvalue weighted by molar-refractivity contribution is 5.94. The van der Waals surface area contributed by atoms with Crippen molar-refractivity contribution < 1.29 is 9.53 Å². The van der Waals surface area contributed by atoms with Crippen molar-refractivity contribution in [3.63, 3.8) is 0 Å². The monoisotopic (exact) mass is 274 g/mol. The lowest BCUT2D eigenvalue weighted by Gasteiger charge is -2.28. The second kappa shape index (κ2) is 6.27. The summed E-state index contributed by atoms with van der Waals surface area (Å²) in [7, 11) is 0. The van der Waals surface area contributed by atoms with E-state index in [1.807, 2.05) is 12.1 Å². The van der Waals surface area contributed by atoms with Gasteiger partial charge in [0.15, 0.2) is 0 Å². The number of hydrogen-bond donors (Lipinski definition) is 1. The van der Waals surface area contributed by atoms with Crippen molar-refractivity contribution in [3.05, 3.63) is 24.3 Å². The molecule has 0 radical (unpaired) electrons. The molecule has 0 spiro atoms. The Labute approximate surface area is 120 Å². The number of carbonyl (C=O) groups excluding carboxylic acids is 1. The molecule has 0 aromatic heterocycles. The second-order valence-corrected chi connectivity index (χ2v) is 5.59. The SMILES string of the molecule is O=C(Nc1ccc(N2CCCCC2)cc1)[C@H]1CCCO1. The first-order valence-corrected chi connectivity index (χ1v) is 7.60. The van der Waals surface area contributed by atoms with Gasteiger partial charge in [0.2, 0.25) is 0 Å². The Bertz CT molecular complexity index is 446. The number of nitrogens with zero attached hydrogens (tertiary/aromatic N) is 1. The van der Waals surface area contributed by atoms with Gasteiger partial charge >= 0.3 is 0 Å². The molecule has 0 unspecified atom stereocenters. The van der Waals surface area contributed by atoms with Crippen molar-refractivity contribution in [2.45, 2.75) is 38.2 Å². The third-order valence-electron chi connectivity index (χ3n) is 4.08. The first-order valence-electron chi connectivity index (χ1n) is 7.60. The highest BCUT2D eigenvalue weighted by atomic mass is 16.5. The fraction of sp³-hybridized carbons (Fsp3) is 0.562. The van der Waals surface area contributed by atoms with Gasteiger partial charge in [-0.25, -0.2) is 0 Å². The topological polar surface area (TPSA) is 41.6 Å². The normalized spacial score (nSPS) is 22.8. The number of ether oxygens (including phenoxy) is 1. The summed E-state index contributed by atoms with van der Waals surface area (Å²) in [4.78, 5) is 14.4. The number of piperidine rings is 1. The Kier molecular flexibility index (Phi) is 4.21. The quantitative estimate of drug-likeness (QED) is 0.921. The van der Waals surface area contributed by atoms with Gasteiger partial charge in [-0.05, 0) is 56.4 Å². The zero-order valence-electron chi connectivity index (χ0n) is 11.8. The summed E-state index contributed by atoms with van der Waals surface area (Å²) in [5, 5.41) is 2.93. The largest absolute Gasteiger partial charge is 0.372 e. The highest BCUT2D eigenvalue weighted by Crippen LogP contribution is 2.22. The molecule has 4 nitrogen and oxygen atoms in total. The molecule has 1 amide bonds. The lowest BCUT2D eigenvalue weighted by atomic mass is 10.1. The lowest BCUT2D eigenvalue weighted by molar-refractivity contribution is -0.124. The van der Waals surface area contributed by atoms with Crippen LogP contribution in [0.3, 0.4) is 0 Å². The van der Waals surface area contributed by atoms with Crippen molar-refractivity contribution in [3.8, 4) is 0 Å². The van der Waals surface area contributed by atoms with E-state index < -0.39 is 0 Å². The maximum absolute atomic E-state index is 12.0. The van der Waals surface area contributed by atoms with Crippen LogP contribution in [0.1, 0.15) is 32.1 Å². The lowest BCUT2D eigenvalue weighted by Crippen LogP contribution is -2.29. The van der Waals surface area contributed by atoms with E-state index in [-0.39, 0.29) is 12.0 Å². The van der Waals surface area contributed by atoms with E-state index in [4.69, 9.17) is 4.74 Å².